The van der Waals surface area contributed by atoms with Gasteiger partial charge >= 0.3 is 11.7 Å². The first-order chi connectivity index (χ1) is 15.1. The van der Waals surface area contributed by atoms with Crippen molar-refractivity contribution in [2.45, 2.75) is 70.5 Å². The Kier molecular flexibility index (Phi) is 6.98. The second kappa shape index (κ2) is 9.52. The molecule has 0 amide bonds. The van der Waals surface area contributed by atoms with E-state index in [0.717, 1.165) is 34.0 Å². The first kappa shape index (κ1) is 23.5. The van der Waals surface area contributed by atoms with E-state index in [1.807, 2.05) is 24.3 Å². The van der Waals surface area contributed by atoms with Crippen LogP contribution in [0.3, 0.4) is 0 Å². The number of aromatic hydroxyl groups is 1. The van der Waals surface area contributed by atoms with Crippen molar-refractivity contribution in [2.24, 2.45) is 5.73 Å². The molecule has 1 aliphatic rings. The van der Waals surface area contributed by atoms with Gasteiger partial charge in [0.1, 0.15) is 5.56 Å². The van der Waals surface area contributed by atoms with Gasteiger partial charge in [0.15, 0.2) is 6.04 Å². The average molecular weight is 444 g/mol. The standard InChI is InChI=1S/C23H29N3O6/c1-13(2)15-10-8-14(9-11-15)12-25-20(28)17(19(27)18(24)22(30)31)21(29)26(23(25)32)16-6-4-3-5-7-16/h8-11,13,16,18,28H,3-7,12,24H2,1-2H3,(H,30,31). The lowest BCUT2D eigenvalue weighted by Gasteiger charge is -2.25. The second-order valence-electron chi connectivity index (χ2n) is 8.61. The molecule has 1 saturated carbocycles. The van der Waals surface area contributed by atoms with Gasteiger partial charge in [-0.05, 0) is 29.9 Å². The fourth-order valence-corrected chi connectivity index (χ4v) is 4.14. The smallest absolute Gasteiger partial charge is 0.334 e. The zero-order chi connectivity index (χ0) is 23.6. The van der Waals surface area contributed by atoms with Crippen molar-refractivity contribution in [3.05, 3.63) is 61.8 Å². The molecule has 1 heterocycles. The summed E-state index contributed by atoms with van der Waals surface area (Å²) in [6, 6.07) is 4.98. The number of hydrogen-bond acceptors (Lipinski definition) is 6. The molecule has 3 rings (SSSR count). The molecule has 1 aromatic carbocycles. The maximum Gasteiger partial charge on any atom is 0.334 e. The Morgan fingerprint density at radius 2 is 1.69 bits per heavy atom. The van der Waals surface area contributed by atoms with Gasteiger partial charge in [-0.2, -0.15) is 0 Å². The molecule has 9 heteroatoms. The van der Waals surface area contributed by atoms with E-state index in [2.05, 4.69) is 13.8 Å². The molecular weight excluding hydrogens is 414 g/mol. The molecule has 1 unspecified atom stereocenters. The van der Waals surface area contributed by atoms with Crippen LogP contribution in [0.15, 0.2) is 33.9 Å². The number of nitrogens with two attached hydrogens (primary N) is 1. The Morgan fingerprint density at radius 1 is 1.09 bits per heavy atom. The third-order valence-corrected chi connectivity index (χ3v) is 6.07. The van der Waals surface area contributed by atoms with Crippen molar-refractivity contribution in [3.8, 4) is 5.88 Å². The monoisotopic (exact) mass is 443 g/mol. The molecule has 0 spiro atoms. The molecule has 0 radical (unpaired) electrons. The molecule has 1 aromatic heterocycles. The predicted molar refractivity (Wildman–Crippen MR) is 118 cm³/mol. The van der Waals surface area contributed by atoms with E-state index < -0.39 is 46.5 Å². The number of carboxylic acids is 1. The number of aromatic nitrogens is 2. The first-order valence-corrected chi connectivity index (χ1v) is 10.8. The average Bonchev–Trinajstić information content (AvgIpc) is 2.77. The largest absolute Gasteiger partial charge is 0.494 e. The summed E-state index contributed by atoms with van der Waals surface area (Å²) in [7, 11) is 0. The van der Waals surface area contributed by atoms with Crippen molar-refractivity contribution < 1.29 is 19.8 Å². The summed E-state index contributed by atoms with van der Waals surface area (Å²) in [5.74, 6) is -3.40. The molecule has 172 valence electrons. The Bertz CT molecular complexity index is 1120. The molecule has 1 aliphatic carbocycles. The zero-order valence-electron chi connectivity index (χ0n) is 18.3. The van der Waals surface area contributed by atoms with Crippen LogP contribution in [-0.4, -0.2) is 37.1 Å². The predicted octanol–water partition coefficient (Wildman–Crippen LogP) is 1.99. The molecule has 4 N–H and O–H groups in total. The number of Topliss-reactive ketones (excluding diaryl/α,β-unsaturated/α-hetero) is 1. The SMILES string of the molecule is CC(C)c1ccc(Cn2c(O)c(C(=O)C(N)C(=O)O)c(=O)n(C3CCCCC3)c2=O)cc1. The summed E-state index contributed by atoms with van der Waals surface area (Å²) < 4.78 is 1.94. The summed E-state index contributed by atoms with van der Waals surface area (Å²) in [6.45, 7) is 4.02. The third-order valence-electron chi connectivity index (χ3n) is 6.07. The highest BCUT2D eigenvalue weighted by molar-refractivity contribution is 6.12. The van der Waals surface area contributed by atoms with E-state index in [-0.39, 0.29) is 6.54 Å². The van der Waals surface area contributed by atoms with Crippen LogP contribution in [0.4, 0.5) is 0 Å². The highest BCUT2D eigenvalue weighted by Crippen LogP contribution is 2.27. The van der Waals surface area contributed by atoms with Crippen LogP contribution in [0.2, 0.25) is 0 Å². The molecule has 9 nitrogen and oxygen atoms in total. The number of carbonyl (C=O) groups is 2. The number of hydrogen-bond donors (Lipinski definition) is 3. The van der Waals surface area contributed by atoms with Crippen LogP contribution >= 0.6 is 0 Å². The van der Waals surface area contributed by atoms with Crippen LogP contribution in [0.25, 0.3) is 0 Å². The number of aliphatic carboxylic acids is 1. The number of nitrogens with zero attached hydrogens (tertiary/aromatic N) is 2. The normalized spacial score (nSPS) is 15.6. The molecule has 0 aliphatic heterocycles. The fraction of sp³-hybridized carbons (Fsp3) is 0.478. The maximum atomic E-state index is 13.3. The van der Waals surface area contributed by atoms with E-state index in [1.165, 1.54) is 0 Å². The number of rotatable bonds is 7. The lowest BCUT2D eigenvalue weighted by molar-refractivity contribution is -0.137. The molecule has 0 saturated heterocycles. The van der Waals surface area contributed by atoms with Crippen LogP contribution in [0.1, 0.15) is 79.4 Å². The van der Waals surface area contributed by atoms with E-state index >= 15 is 0 Å². The summed E-state index contributed by atoms with van der Waals surface area (Å²) in [5, 5.41) is 19.9. The minimum atomic E-state index is -2.02. The highest BCUT2D eigenvalue weighted by Gasteiger charge is 2.33. The lowest BCUT2D eigenvalue weighted by atomic mass is 9.95. The first-order valence-electron chi connectivity index (χ1n) is 10.8. The second-order valence-corrected chi connectivity index (χ2v) is 8.61. The molecule has 1 fully saturated rings. The summed E-state index contributed by atoms with van der Waals surface area (Å²) >= 11 is 0. The van der Waals surface area contributed by atoms with E-state index in [1.54, 1.807) is 0 Å². The molecule has 1 atom stereocenters. The van der Waals surface area contributed by atoms with E-state index in [0.29, 0.717) is 24.3 Å². The van der Waals surface area contributed by atoms with Gasteiger partial charge in [0, 0.05) is 6.04 Å². The molecule has 32 heavy (non-hydrogen) atoms. The lowest BCUT2D eigenvalue weighted by Crippen LogP contribution is -2.48. The van der Waals surface area contributed by atoms with Crippen molar-refractivity contribution in [3.63, 3.8) is 0 Å². The van der Waals surface area contributed by atoms with Crippen molar-refractivity contribution in [1.29, 1.82) is 0 Å². The van der Waals surface area contributed by atoms with Gasteiger partial charge in [0.25, 0.3) is 5.56 Å². The highest BCUT2D eigenvalue weighted by atomic mass is 16.4. The van der Waals surface area contributed by atoms with Crippen molar-refractivity contribution >= 4 is 11.8 Å². The van der Waals surface area contributed by atoms with E-state index in [4.69, 9.17) is 10.8 Å². The summed E-state index contributed by atoms with van der Waals surface area (Å²) in [4.78, 5) is 50.3. The Labute approximate surface area is 185 Å². The van der Waals surface area contributed by atoms with Gasteiger partial charge in [-0.1, -0.05) is 57.4 Å². The summed E-state index contributed by atoms with van der Waals surface area (Å²) in [5.41, 5.74) is 4.75. The maximum absolute atomic E-state index is 13.3. The Balaban J connectivity index is 2.17. The minimum Gasteiger partial charge on any atom is -0.494 e. The zero-order valence-corrected chi connectivity index (χ0v) is 18.3. The number of ketones is 1. The van der Waals surface area contributed by atoms with Gasteiger partial charge in [0.2, 0.25) is 11.7 Å². The van der Waals surface area contributed by atoms with Gasteiger partial charge in [-0.25, -0.2) is 4.79 Å². The number of benzene rings is 1. The van der Waals surface area contributed by atoms with Gasteiger partial charge in [-0.15, -0.1) is 0 Å². The van der Waals surface area contributed by atoms with Gasteiger partial charge in [-0.3, -0.25) is 23.5 Å². The van der Waals surface area contributed by atoms with Crippen LogP contribution in [0, 0.1) is 0 Å². The van der Waals surface area contributed by atoms with Gasteiger partial charge < -0.3 is 15.9 Å². The molecule has 2 aromatic rings. The molecular formula is C23H29N3O6. The minimum absolute atomic E-state index is 0.0847. The number of carboxylic acid groups (broad SMARTS) is 1. The Morgan fingerprint density at radius 3 is 2.22 bits per heavy atom. The van der Waals surface area contributed by atoms with Crippen molar-refractivity contribution in [2.75, 3.05) is 0 Å². The summed E-state index contributed by atoms with van der Waals surface area (Å²) in [6.07, 6.45) is 3.80. The number of carbonyl (C=O) groups excluding carboxylic acids is 1. The van der Waals surface area contributed by atoms with Crippen LogP contribution < -0.4 is 17.0 Å². The third kappa shape index (κ3) is 4.52. The topological polar surface area (TPSA) is 145 Å². The fourth-order valence-electron chi connectivity index (χ4n) is 4.14. The van der Waals surface area contributed by atoms with Crippen LogP contribution in [0.5, 0.6) is 5.88 Å². The van der Waals surface area contributed by atoms with Crippen LogP contribution in [-0.2, 0) is 11.3 Å². The van der Waals surface area contributed by atoms with Crippen molar-refractivity contribution in [1.82, 2.24) is 9.13 Å². The molecule has 0 bridgehead atoms. The van der Waals surface area contributed by atoms with Gasteiger partial charge in [0.05, 0.1) is 6.54 Å². The Hall–Kier alpha value is -3.20. The quantitative estimate of drug-likeness (QED) is 0.438. The van der Waals surface area contributed by atoms with E-state index in [9.17, 15) is 24.3 Å².